The Bertz CT molecular complexity index is 326. The Hall–Kier alpha value is -0.120. The minimum Gasteiger partial charge on any atom is -0.295 e. The normalized spacial score (nSPS) is 28.2. The molecule has 0 radical (unpaired) electrons. The highest BCUT2D eigenvalue weighted by atomic mass is 35.5. The van der Waals surface area contributed by atoms with Gasteiger partial charge in [-0.1, -0.05) is 6.92 Å². The number of alkyl halides is 1. The number of thiazole rings is 1. The van der Waals surface area contributed by atoms with E-state index in [4.69, 9.17) is 11.6 Å². The molecule has 1 aromatic rings. The van der Waals surface area contributed by atoms with Gasteiger partial charge < -0.3 is 0 Å². The van der Waals surface area contributed by atoms with Gasteiger partial charge in [-0.2, -0.15) is 0 Å². The molecule has 0 N–H and O–H groups in total. The van der Waals surface area contributed by atoms with E-state index >= 15 is 0 Å². The van der Waals surface area contributed by atoms with Gasteiger partial charge in [0.1, 0.15) is 5.01 Å². The Labute approximate surface area is 100 Å². The fraction of sp³-hybridized carbons (Fsp3) is 0.727. The van der Waals surface area contributed by atoms with Crippen molar-refractivity contribution < 1.29 is 0 Å². The van der Waals surface area contributed by atoms with Crippen LogP contribution in [0.5, 0.6) is 0 Å². The summed E-state index contributed by atoms with van der Waals surface area (Å²) in [7, 11) is 0. The smallest absolute Gasteiger partial charge is 0.107 e. The summed E-state index contributed by atoms with van der Waals surface area (Å²) in [6.45, 7) is 7.41. The first-order valence-electron chi connectivity index (χ1n) is 5.42. The van der Waals surface area contributed by atoms with Crippen molar-refractivity contribution in [2.75, 3.05) is 13.1 Å². The Morgan fingerprint density at radius 2 is 2.47 bits per heavy atom. The number of halogens is 1. The first kappa shape index (κ1) is 11.4. The highest BCUT2D eigenvalue weighted by molar-refractivity contribution is 7.09. The molecule has 2 heterocycles. The third-order valence-electron chi connectivity index (χ3n) is 2.98. The van der Waals surface area contributed by atoms with Crippen molar-refractivity contribution in [1.29, 1.82) is 0 Å². The molecule has 0 saturated carbocycles. The van der Waals surface area contributed by atoms with Crippen LogP contribution in [0.2, 0.25) is 0 Å². The summed E-state index contributed by atoms with van der Waals surface area (Å²) in [6, 6.07) is 0. The van der Waals surface area contributed by atoms with Crippen LogP contribution in [0.4, 0.5) is 0 Å². The number of hydrogen-bond donors (Lipinski definition) is 0. The van der Waals surface area contributed by atoms with E-state index in [1.54, 1.807) is 11.3 Å². The van der Waals surface area contributed by atoms with Gasteiger partial charge in [0.2, 0.25) is 0 Å². The number of piperidine rings is 1. The van der Waals surface area contributed by atoms with Gasteiger partial charge in [0.25, 0.3) is 0 Å². The number of nitrogens with zero attached hydrogens (tertiary/aromatic N) is 2. The van der Waals surface area contributed by atoms with Crippen LogP contribution in [-0.2, 0) is 6.54 Å². The van der Waals surface area contributed by atoms with Crippen LogP contribution in [0.1, 0.15) is 24.0 Å². The summed E-state index contributed by atoms with van der Waals surface area (Å²) in [5.74, 6) is 0.654. The predicted octanol–water partition coefficient (Wildman–Crippen LogP) is 2.90. The van der Waals surface area contributed by atoms with E-state index in [1.165, 1.54) is 11.4 Å². The van der Waals surface area contributed by atoms with E-state index in [0.29, 0.717) is 11.3 Å². The van der Waals surface area contributed by atoms with Crippen molar-refractivity contribution in [3.05, 3.63) is 16.1 Å². The van der Waals surface area contributed by atoms with Crippen LogP contribution in [0, 0.1) is 12.8 Å². The van der Waals surface area contributed by atoms with Gasteiger partial charge in [0.15, 0.2) is 0 Å². The number of likely N-dealkylation sites (tertiary alicyclic amines) is 1. The number of rotatable bonds is 2. The molecule has 2 unspecified atom stereocenters. The number of hydrogen-bond acceptors (Lipinski definition) is 3. The summed E-state index contributed by atoms with van der Waals surface area (Å²) in [5, 5.41) is 3.63. The quantitative estimate of drug-likeness (QED) is 0.744. The molecule has 15 heavy (non-hydrogen) atoms. The van der Waals surface area contributed by atoms with Gasteiger partial charge in [-0.25, -0.2) is 4.98 Å². The predicted molar refractivity (Wildman–Crippen MR) is 65.6 cm³/mol. The van der Waals surface area contributed by atoms with Crippen LogP contribution < -0.4 is 0 Å². The second-order valence-corrected chi connectivity index (χ2v) is 5.90. The van der Waals surface area contributed by atoms with Crippen molar-refractivity contribution in [3.63, 3.8) is 0 Å². The first-order chi connectivity index (χ1) is 7.15. The maximum atomic E-state index is 6.27. The van der Waals surface area contributed by atoms with E-state index in [2.05, 4.69) is 22.2 Å². The molecule has 0 amide bonds. The minimum absolute atomic E-state index is 0.305. The Morgan fingerprint density at radius 1 is 1.67 bits per heavy atom. The topological polar surface area (TPSA) is 16.1 Å². The van der Waals surface area contributed by atoms with Crippen molar-refractivity contribution in [1.82, 2.24) is 9.88 Å². The molecule has 84 valence electrons. The second-order valence-electron chi connectivity index (χ2n) is 4.40. The average Bonchev–Trinajstić information content (AvgIpc) is 2.58. The van der Waals surface area contributed by atoms with Crippen molar-refractivity contribution in [3.8, 4) is 0 Å². The third kappa shape index (κ3) is 2.92. The average molecular weight is 245 g/mol. The van der Waals surface area contributed by atoms with E-state index in [0.717, 1.165) is 25.3 Å². The SMILES string of the molecule is Cc1csc(CN2CCC(C)C(Cl)C2)n1. The third-order valence-corrected chi connectivity index (χ3v) is 4.50. The zero-order valence-corrected chi connectivity index (χ0v) is 10.8. The van der Waals surface area contributed by atoms with Crippen molar-refractivity contribution in [2.24, 2.45) is 5.92 Å². The van der Waals surface area contributed by atoms with Crippen LogP contribution >= 0.6 is 22.9 Å². The molecule has 2 nitrogen and oxygen atoms in total. The van der Waals surface area contributed by atoms with Crippen molar-refractivity contribution in [2.45, 2.75) is 32.2 Å². The molecule has 1 aromatic heterocycles. The Kier molecular flexibility index (Phi) is 3.65. The zero-order chi connectivity index (χ0) is 10.8. The highest BCUT2D eigenvalue weighted by Gasteiger charge is 2.24. The second kappa shape index (κ2) is 4.81. The molecule has 0 aliphatic carbocycles. The standard InChI is InChI=1S/C11H17ClN2S/c1-8-3-4-14(5-10(8)12)6-11-13-9(2)7-15-11/h7-8,10H,3-6H2,1-2H3. The summed E-state index contributed by atoms with van der Waals surface area (Å²) in [6.07, 6.45) is 1.21. The maximum absolute atomic E-state index is 6.27. The van der Waals surface area contributed by atoms with Gasteiger partial charge in [0.05, 0.1) is 6.54 Å². The van der Waals surface area contributed by atoms with Crippen molar-refractivity contribution >= 4 is 22.9 Å². The summed E-state index contributed by atoms with van der Waals surface area (Å²) in [5.41, 5.74) is 1.13. The van der Waals surface area contributed by atoms with Gasteiger partial charge in [-0.3, -0.25) is 4.90 Å². The maximum Gasteiger partial charge on any atom is 0.107 e. The molecule has 1 fully saturated rings. The van der Waals surface area contributed by atoms with Crippen LogP contribution in [0.3, 0.4) is 0 Å². The van der Waals surface area contributed by atoms with Gasteiger partial charge in [-0.05, 0) is 25.8 Å². The summed E-state index contributed by atoms with van der Waals surface area (Å²) in [4.78, 5) is 6.90. The van der Waals surface area contributed by atoms with Crippen LogP contribution in [0.25, 0.3) is 0 Å². The van der Waals surface area contributed by atoms with Crippen LogP contribution in [0.15, 0.2) is 5.38 Å². The van der Waals surface area contributed by atoms with E-state index in [9.17, 15) is 0 Å². The lowest BCUT2D eigenvalue weighted by molar-refractivity contribution is 0.189. The van der Waals surface area contributed by atoms with Gasteiger partial charge in [-0.15, -0.1) is 22.9 Å². The molecule has 0 aromatic carbocycles. The first-order valence-corrected chi connectivity index (χ1v) is 6.74. The molecule has 2 atom stereocenters. The zero-order valence-electron chi connectivity index (χ0n) is 9.24. The lowest BCUT2D eigenvalue weighted by Gasteiger charge is -2.33. The fourth-order valence-electron chi connectivity index (χ4n) is 1.90. The lowest BCUT2D eigenvalue weighted by atomic mass is 9.99. The molecule has 1 aliphatic heterocycles. The van der Waals surface area contributed by atoms with E-state index < -0.39 is 0 Å². The molecule has 4 heteroatoms. The summed E-state index contributed by atoms with van der Waals surface area (Å²) < 4.78 is 0. The molecular formula is C11H17ClN2S. The Morgan fingerprint density at radius 3 is 3.07 bits per heavy atom. The lowest BCUT2D eigenvalue weighted by Crippen LogP contribution is -2.39. The number of aryl methyl sites for hydroxylation is 1. The molecule has 0 spiro atoms. The molecule has 0 bridgehead atoms. The van der Waals surface area contributed by atoms with Gasteiger partial charge in [0, 0.05) is 23.0 Å². The van der Waals surface area contributed by atoms with Crippen LogP contribution in [-0.4, -0.2) is 28.4 Å². The van der Waals surface area contributed by atoms with E-state index in [-0.39, 0.29) is 0 Å². The molecule has 2 rings (SSSR count). The largest absolute Gasteiger partial charge is 0.295 e. The Balaban J connectivity index is 1.90. The summed E-state index contributed by atoms with van der Waals surface area (Å²) >= 11 is 8.02. The molecule has 1 aliphatic rings. The molecular weight excluding hydrogens is 228 g/mol. The number of aromatic nitrogens is 1. The highest BCUT2D eigenvalue weighted by Crippen LogP contribution is 2.23. The fourth-order valence-corrected chi connectivity index (χ4v) is 3.03. The van der Waals surface area contributed by atoms with E-state index in [1.807, 2.05) is 6.92 Å². The van der Waals surface area contributed by atoms with Gasteiger partial charge >= 0.3 is 0 Å². The molecule has 1 saturated heterocycles. The minimum atomic E-state index is 0.305. The monoisotopic (exact) mass is 244 g/mol.